The molecule has 0 aliphatic rings. The van der Waals surface area contributed by atoms with Crippen LogP contribution in [0.25, 0.3) is 6.08 Å². The van der Waals surface area contributed by atoms with Gasteiger partial charge in [0.05, 0.1) is 4.92 Å². The zero-order valence-corrected chi connectivity index (χ0v) is 17.1. The van der Waals surface area contributed by atoms with Gasteiger partial charge in [-0.1, -0.05) is 34.1 Å². The van der Waals surface area contributed by atoms with E-state index in [2.05, 4.69) is 31.5 Å². The summed E-state index contributed by atoms with van der Waals surface area (Å²) < 4.78 is 0.710. The van der Waals surface area contributed by atoms with Gasteiger partial charge in [0.15, 0.2) is 5.13 Å². The first kappa shape index (κ1) is 20.4. The normalized spacial score (nSPS) is 11.0. The number of carbonyl (C=O) groups excluding carboxylic acids is 2. The fourth-order valence-corrected chi connectivity index (χ4v) is 3.25. The molecule has 0 bridgehead atoms. The number of hydrogen-bond donors (Lipinski definition) is 2. The van der Waals surface area contributed by atoms with Gasteiger partial charge in [-0.3, -0.25) is 25.0 Å². The molecule has 0 radical (unpaired) electrons. The molecule has 2 aromatic carbocycles. The molecule has 3 aromatic rings. The maximum atomic E-state index is 12.7. The summed E-state index contributed by atoms with van der Waals surface area (Å²) in [5.41, 5.74) is 0.520. The Bertz CT molecular complexity index is 1100. The minimum Gasteiger partial charge on any atom is -0.317 e. The molecule has 0 spiro atoms. The van der Waals surface area contributed by atoms with Crippen LogP contribution in [0.1, 0.15) is 15.9 Å². The number of aromatic nitrogens is 1. The summed E-state index contributed by atoms with van der Waals surface area (Å²) in [5.74, 6) is -1.10. The van der Waals surface area contributed by atoms with E-state index in [-0.39, 0.29) is 11.4 Å². The van der Waals surface area contributed by atoms with Crippen LogP contribution in [-0.2, 0) is 4.79 Å². The van der Waals surface area contributed by atoms with Crippen LogP contribution in [0.3, 0.4) is 0 Å². The standard InChI is InChI=1S/C19H13BrN4O4S/c20-14-5-2-4-13(11-14)17(25)22-16(18(26)23-19-21-7-8-29-19)10-12-3-1-6-15(9-12)24(27)28/h1-11H,(H,22,25)(H,21,23,26)/b16-10-. The lowest BCUT2D eigenvalue weighted by molar-refractivity contribution is -0.384. The van der Waals surface area contributed by atoms with E-state index in [9.17, 15) is 19.7 Å². The first-order valence-electron chi connectivity index (χ1n) is 8.16. The predicted octanol–water partition coefficient (Wildman–Crippen LogP) is 4.22. The van der Waals surface area contributed by atoms with Crippen LogP contribution in [-0.4, -0.2) is 21.7 Å². The number of anilines is 1. The molecule has 0 saturated heterocycles. The number of rotatable bonds is 6. The summed E-state index contributed by atoms with van der Waals surface area (Å²) >= 11 is 4.52. The number of nitrogens with one attached hydrogen (secondary N) is 2. The van der Waals surface area contributed by atoms with Crippen molar-refractivity contribution in [3.8, 4) is 0 Å². The summed E-state index contributed by atoms with van der Waals surface area (Å²) in [6.45, 7) is 0. The predicted molar refractivity (Wildman–Crippen MR) is 113 cm³/mol. The highest BCUT2D eigenvalue weighted by molar-refractivity contribution is 9.10. The fraction of sp³-hybridized carbons (Fsp3) is 0. The van der Waals surface area contributed by atoms with Gasteiger partial charge in [0.2, 0.25) is 0 Å². The van der Waals surface area contributed by atoms with E-state index in [0.717, 1.165) is 0 Å². The zero-order valence-electron chi connectivity index (χ0n) is 14.7. The summed E-state index contributed by atoms with van der Waals surface area (Å²) in [4.78, 5) is 39.8. The maximum Gasteiger partial charge on any atom is 0.273 e. The van der Waals surface area contributed by atoms with Crippen molar-refractivity contribution >= 4 is 56.0 Å². The second kappa shape index (κ2) is 9.22. The summed E-state index contributed by atoms with van der Waals surface area (Å²) in [5, 5.41) is 18.2. The number of non-ortho nitro benzene ring substituents is 1. The largest absolute Gasteiger partial charge is 0.317 e. The maximum absolute atomic E-state index is 12.7. The first-order chi connectivity index (χ1) is 13.9. The van der Waals surface area contributed by atoms with Crippen molar-refractivity contribution in [3.63, 3.8) is 0 Å². The number of carbonyl (C=O) groups is 2. The Balaban J connectivity index is 1.92. The lowest BCUT2D eigenvalue weighted by Crippen LogP contribution is -2.30. The monoisotopic (exact) mass is 472 g/mol. The highest BCUT2D eigenvalue weighted by atomic mass is 79.9. The van der Waals surface area contributed by atoms with E-state index in [4.69, 9.17) is 0 Å². The Labute approximate surface area is 177 Å². The molecular weight excluding hydrogens is 460 g/mol. The second-order valence-electron chi connectivity index (χ2n) is 5.67. The van der Waals surface area contributed by atoms with Crippen molar-refractivity contribution in [1.82, 2.24) is 10.3 Å². The van der Waals surface area contributed by atoms with Crippen LogP contribution in [0.4, 0.5) is 10.8 Å². The quantitative estimate of drug-likeness (QED) is 0.316. The topological polar surface area (TPSA) is 114 Å². The molecule has 0 fully saturated rings. The van der Waals surface area contributed by atoms with Gasteiger partial charge in [0.1, 0.15) is 5.70 Å². The Kier molecular flexibility index (Phi) is 6.47. The van der Waals surface area contributed by atoms with Crippen molar-refractivity contribution in [3.05, 3.63) is 91.5 Å². The highest BCUT2D eigenvalue weighted by Crippen LogP contribution is 2.18. The lowest BCUT2D eigenvalue weighted by atomic mass is 10.1. The molecule has 29 heavy (non-hydrogen) atoms. The summed E-state index contributed by atoms with van der Waals surface area (Å²) in [7, 11) is 0. The van der Waals surface area contributed by atoms with Gasteiger partial charge in [-0.2, -0.15) is 0 Å². The molecule has 0 aliphatic heterocycles. The van der Waals surface area contributed by atoms with Gasteiger partial charge >= 0.3 is 0 Å². The Morgan fingerprint density at radius 1 is 1.17 bits per heavy atom. The van der Waals surface area contributed by atoms with Gasteiger partial charge in [-0.25, -0.2) is 4.98 Å². The number of benzene rings is 2. The third-order valence-electron chi connectivity index (χ3n) is 3.62. The molecule has 146 valence electrons. The van der Waals surface area contributed by atoms with Crippen LogP contribution in [0.15, 0.2) is 70.3 Å². The first-order valence-corrected chi connectivity index (χ1v) is 9.83. The second-order valence-corrected chi connectivity index (χ2v) is 7.48. The Hall–Kier alpha value is -3.37. The third kappa shape index (κ3) is 5.56. The number of halogens is 1. The molecule has 10 heteroatoms. The summed E-state index contributed by atoms with van der Waals surface area (Å²) in [6.07, 6.45) is 2.90. The number of nitrogens with zero attached hydrogens (tertiary/aromatic N) is 2. The van der Waals surface area contributed by atoms with Crippen molar-refractivity contribution in [2.24, 2.45) is 0 Å². The number of thiazole rings is 1. The fourth-order valence-electron chi connectivity index (χ4n) is 2.33. The van der Waals surface area contributed by atoms with Crippen LogP contribution in [0, 0.1) is 10.1 Å². The van der Waals surface area contributed by atoms with Crippen molar-refractivity contribution in [2.45, 2.75) is 0 Å². The number of nitro groups is 1. The van der Waals surface area contributed by atoms with E-state index in [0.29, 0.717) is 20.7 Å². The average molecular weight is 473 g/mol. The zero-order chi connectivity index (χ0) is 20.8. The van der Waals surface area contributed by atoms with Crippen molar-refractivity contribution in [1.29, 1.82) is 0 Å². The van der Waals surface area contributed by atoms with Crippen molar-refractivity contribution < 1.29 is 14.5 Å². The molecule has 2 amide bonds. The molecule has 1 heterocycles. The molecule has 1 aromatic heterocycles. The Morgan fingerprint density at radius 3 is 2.66 bits per heavy atom. The van der Waals surface area contributed by atoms with Crippen LogP contribution < -0.4 is 10.6 Å². The SMILES string of the molecule is O=C(Nc1nccs1)/C(=C/c1cccc([N+](=O)[O-])c1)NC(=O)c1cccc(Br)c1. The molecule has 0 saturated carbocycles. The van der Waals surface area contributed by atoms with E-state index < -0.39 is 16.7 Å². The van der Waals surface area contributed by atoms with E-state index in [1.165, 1.54) is 41.8 Å². The molecular formula is C19H13BrN4O4S. The van der Waals surface area contributed by atoms with Crippen LogP contribution in [0.2, 0.25) is 0 Å². The molecule has 0 unspecified atom stereocenters. The molecule has 0 atom stereocenters. The van der Waals surface area contributed by atoms with Crippen LogP contribution >= 0.6 is 27.3 Å². The summed E-state index contributed by atoms with van der Waals surface area (Å²) in [6, 6.07) is 12.4. The van der Waals surface area contributed by atoms with E-state index in [1.54, 1.807) is 35.7 Å². The number of hydrogen-bond acceptors (Lipinski definition) is 6. The molecule has 3 rings (SSSR count). The molecule has 8 nitrogen and oxygen atoms in total. The average Bonchev–Trinajstić information content (AvgIpc) is 3.20. The number of nitro benzene ring substituents is 1. The van der Waals surface area contributed by atoms with Crippen LogP contribution in [0.5, 0.6) is 0 Å². The van der Waals surface area contributed by atoms with Gasteiger partial charge in [0.25, 0.3) is 17.5 Å². The highest BCUT2D eigenvalue weighted by Gasteiger charge is 2.16. The minimum atomic E-state index is -0.602. The van der Waals surface area contributed by atoms with E-state index in [1.807, 2.05) is 0 Å². The van der Waals surface area contributed by atoms with E-state index >= 15 is 0 Å². The lowest BCUT2D eigenvalue weighted by Gasteiger charge is -2.10. The smallest absolute Gasteiger partial charge is 0.273 e. The molecule has 0 aliphatic carbocycles. The van der Waals surface area contributed by atoms with Gasteiger partial charge in [0, 0.05) is 33.7 Å². The van der Waals surface area contributed by atoms with Crippen molar-refractivity contribution in [2.75, 3.05) is 5.32 Å². The van der Waals surface area contributed by atoms with Gasteiger partial charge < -0.3 is 5.32 Å². The Morgan fingerprint density at radius 2 is 1.97 bits per heavy atom. The van der Waals surface area contributed by atoms with Gasteiger partial charge in [-0.05, 0) is 29.8 Å². The molecule has 2 N–H and O–H groups in total. The third-order valence-corrected chi connectivity index (χ3v) is 4.81. The minimum absolute atomic E-state index is 0.0781. The number of amides is 2. The van der Waals surface area contributed by atoms with Gasteiger partial charge in [-0.15, -0.1) is 11.3 Å².